The van der Waals surface area contributed by atoms with Crippen LogP contribution < -0.4 is 4.74 Å². The molecule has 0 aliphatic rings. The Labute approximate surface area is 123 Å². The first-order chi connectivity index (χ1) is 8.97. The van der Waals surface area contributed by atoms with Crippen molar-refractivity contribution in [3.05, 3.63) is 49.9 Å². The van der Waals surface area contributed by atoms with Crippen molar-refractivity contribution in [3.63, 3.8) is 0 Å². The van der Waals surface area contributed by atoms with Crippen molar-refractivity contribution in [2.45, 2.75) is 6.92 Å². The molecule has 19 heavy (non-hydrogen) atoms. The van der Waals surface area contributed by atoms with Gasteiger partial charge in [0.25, 0.3) is 0 Å². The number of Topliss-reactive ketones (excluding diaryl/α,β-unsaturated/α-hetero) is 1. The second-order valence-electron chi connectivity index (χ2n) is 3.86. The zero-order valence-electron chi connectivity index (χ0n) is 9.88. The number of hydrogen-bond acceptors (Lipinski definition) is 3. The van der Waals surface area contributed by atoms with Gasteiger partial charge in [-0.05, 0) is 36.8 Å². The van der Waals surface area contributed by atoms with E-state index in [1.165, 1.54) is 24.3 Å². The van der Waals surface area contributed by atoms with Crippen LogP contribution >= 0.6 is 34.5 Å². The molecular weight excluding hydrogens is 310 g/mol. The third-order valence-electron chi connectivity index (χ3n) is 2.46. The Balaban J connectivity index is 2.04. The number of carbonyl (C=O) groups excluding carboxylic acids is 1. The molecule has 0 amide bonds. The third kappa shape index (κ3) is 3.47. The van der Waals surface area contributed by atoms with Crippen LogP contribution in [0.3, 0.4) is 0 Å². The predicted molar refractivity (Wildman–Crippen MR) is 75.3 cm³/mol. The molecule has 0 aliphatic heterocycles. The summed E-state index contributed by atoms with van der Waals surface area (Å²) in [5.74, 6) is -0.147. The van der Waals surface area contributed by atoms with Crippen LogP contribution in [0.5, 0.6) is 5.75 Å². The maximum Gasteiger partial charge on any atom is 0.202 e. The van der Waals surface area contributed by atoms with E-state index in [-0.39, 0.29) is 18.2 Å². The predicted octanol–water partition coefficient (Wildman–Crippen LogP) is 4.76. The van der Waals surface area contributed by atoms with Gasteiger partial charge in [0.2, 0.25) is 5.78 Å². The Morgan fingerprint density at radius 1 is 1.37 bits per heavy atom. The summed E-state index contributed by atoms with van der Waals surface area (Å²) in [7, 11) is 0. The van der Waals surface area contributed by atoms with Crippen molar-refractivity contribution in [1.82, 2.24) is 0 Å². The topological polar surface area (TPSA) is 26.3 Å². The Kier molecular flexibility index (Phi) is 4.45. The first-order valence-electron chi connectivity index (χ1n) is 5.34. The molecule has 0 spiro atoms. The molecule has 0 saturated carbocycles. The van der Waals surface area contributed by atoms with E-state index in [4.69, 9.17) is 27.9 Å². The van der Waals surface area contributed by atoms with E-state index in [2.05, 4.69) is 0 Å². The zero-order chi connectivity index (χ0) is 14.0. The van der Waals surface area contributed by atoms with Crippen LogP contribution in [0, 0.1) is 12.7 Å². The van der Waals surface area contributed by atoms with Crippen molar-refractivity contribution in [1.29, 1.82) is 0 Å². The number of ketones is 1. The first-order valence-corrected chi connectivity index (χ1v) is 6.91. The lowest BCUT2D eigenvalue weighted by Gasteiger charge is -2.06. The number of benzene rings is 1. The highest BCUT2D eigenvalue weighted by molar-refractivity contribution is 7.20. The Morgan fingerprint density at radius 2 is 2.11 bits per heavy atom. The smallest absolute Gasteiger partial charge is 0.202 e. The lowest BCUT2D eigenvalue weighted by Crippen LogP contribution is -2.11. The van der Waals surface area contributed by atoms with Gasteiger partial charge >= 0.3 is 0 Å². The summed E-state index contributed by atoms with van der Waals surface area (Å²) < 4.78 is 19.2. The third-order valence-corrected chi connectivity index (χ3v) is 3.94. The standard InChI is InChI=1S/C13H9Cl2FO2S/c1-7-4-8(2-3-10(7)16)18-6-11(17)9-5-12(14)19-13(9)15/h2-5H,6H2,1H3. The molecule has 2 aromatic rings. The summed E-state index contributed by atoms with van der Waals surface area (Å²) in [4.78, 5) is 11.9. The molecule has 0 unspecified atom stereocenters. The summed E-state index contributed by atoms with van der Waals surface area (Å²) in [6.45, 7) is 1.46. The highest BCUT2D eigenvalue weighted by Crippen LogP contribution is 2.31. The number of thiophene rings is 1. The van der Waals surface area contributed by atoms with Crippen molar-refractivity contribution in [2.24, 2.45) is 0 Å². The van der Waals surface area contributed by atoms with E-state index in [1.54, 1.807) is 6.92 Å². The maximum absolute atomic E-state index is 13.1. The quantitative estimate of drug-likeness (QED) is 0.759. The van der Waals surface area contributed by atoms with E-state index >= 15 is 0 Å². The van der Waals surface area contributed by atoms with Crippen LogP contribution in [-0.4, -0.2) is 12.4 Å². The highest BCUT2D eigenvalue weighted by atomic mass is 35.5. The van der Waals surface area contributed by atoms with Gasteiger partial charge in [-0.2, -0.15) is 0 Å². The lowest BCUT2D eigenvalue weighted by molar-refractivity contribution is 0.0922. The van der Waals surface area contributed by atoms with Gasteiger partial charge in [0.05, 0.1) is 9.90 Å². The molecule has 2 rings (SSSR count). The molecule has 2 nitrogen and oxygen atoms in total. The van der Waals surface area contributed by atoms with Crippen molar-refractivity contribution in [2.75, 3.05) is 6.61 Å². The van der Waals surface area contributed by atoms with Crippen molar-refractivity contribution in [3.8, 4) is 5.75 Å². The monoisotopic (exact) mass is 318 g/mol. The molecule has 0 bridgehead atoms. The SMILES string of the molecule is Cc1cc(OCC(=O)c2cc(Cl)sc2Cl)ccc1F. The number of halogens is 3. The second kappa shape index (κ2) is 5.90. The molecule has 0 fully saturated rings. The normalized spacial score (nSPS) is 10.5. The number of rotatable bonds is 4. The van der Waals surface area contributed by atoms with Crippen molar-refractivity contribution < 1.29 is 13.9 Å². The van der Waals surface area contributed by atoms with Crippen LogP contribution in [0.2, 0.25) is 8.67 Å². The van der Waals surface area contributed by atoms with Gasteiger partial charge in [0, 0.05) is 0 Å². The van der Waals surface area contributed by atoms with Gasteiger partial charge in [0.15, 0.2) is 6.61 Å². The Morgan fingerprint density at radius 3 is 2.68 bits per heavy atom. The molecule has 6 heteroatoms. The molecule has 0 radical (unpaired) electrons. The number of carbonyl (C=O) groups is 1. The molecule has 0 aliphatic carbocycles. The van der Waals surface area contributed by atoms with Crippen LogP contribution in [0.4, 0.5) is 4.39 Å². The van der Waals surface area contributed by atoms with Gasteiger partial charge in [0.1, 0.15) is 15.9 Å². The summed E-state index contributed by atoms with van der Waals surface area (Å²) in [6.07, 6.45) is 0. The minimum absolute atomic E-state index is 0.169. The summed E-state index contributed by atoms with van der Waals surface area (Å²) in [5, 5.41) is 0. The fourth-order valence-corrected chi connectivity index (χ4v) is 2.96. The summed E-state index contributed by atoms with van der Waals surface area (Å²) in [5.41, 5.74) is 0.803. The maximum atomic E-state index is 13.1. The average molecular weight is 319 g/mol. The molecule has 100 valence electrons. The molecule has 1 heterocycles. The van der Waals surface area contributed by atoms with Gasteiger partial charge in [-0.15, -0.1) is 11.3 Å². The summed E-state index contributed by atoms with van der Waals surface area (Å²) >= 11 is 12.8. The molecule has 0 atom stereocenters. The van der Waals surface area contributed by atoms with Crippen LogP contribution in [0.25, 0.3) is 0 Å². The largest absolute Gasteiger partial charge is 0.485 e. The average Bonchev–Trinajstić information content (AvgIpc) is 2.70. The first kappa shape index (κ1) is 14.3. The molecule has 1 aromatic heterocycles. The molecular formula is C13H9Cl2FO2S. The van der Waals surface area contributed by atoms with Crippen LogP contribution in [0.15, 0.2) is 24.3 Å². The van der Waals surface area contributed by atoms with E-state index in [1.807, 2.05) is 0 Å². The number of ether oxygens (including phenoxy) is 1. The van der Waals surface area contributed by atoms with Gasteiger partial charge in [-0.25, -0.2) is 4.39 Å². The van der Waals surface area contributed by atoms with Gasteiger partial charge in [-0.1, -0.05) is 23.2 Å². The van der Waals surface area contributed by atoms with E-state index in [0.717, 1.165) is 11.3 Å². The minimum atomic E-state index is -0.314. The van der Waals surface area contributed by atoms with Crippen LogP contribution in [0.1, 0.15) is 15.9 Å². The Hall–Kier alpha value is -1.10. The number of hydrogen-bond donors (Lipinski definition) is 0. The lowest BCUT2D eigenvalue weighted by atomic mass is 10.2. The minimum Gasteiger partial charge on any atom is -0.485 e. The van der Waals surface area contributed by atoms with Gasteiger partial charge in [-0.3, -0.25) is 4.79 Å². The Bertz CT molecular complexity index is 625. The zero-order valence-corrected chi connectivity index (χ0v) is 12.2. The fraction of sp³-hybridized carbons (Fsp3) is 0.154. The molecule has 1 aromatic carbocycles. The van der Waals surface area contributed by atoms with Gasteiger partial charge < -0.3 is 4.74 Å². The molecule has 0 saturated heterocycles. The van der Waals surface area contributed by atoms with E-state index < -0.39 is 0 Å². The van der Waals surface area contributed by atoms with Crippen LogP contribution in [-0.2, 0) is 0 Å². The van der Waals surface area contributed by atoms with E-state index in [0.29, 0.717) is 25.5 Å². The molecule has 0 N–H and O–H groups in total. The fourth-order valence-electron chi connectivity index (χ4n) is 1.46. The number of aryl methyl sites for hydroxylation is 1. The van der Waals surface area contributed by atoms with Crippen molar-refractivity contribution >= 4 is 40.3 Å². The van der Waals surface area contributed by atoms with E-state index in [9.17, 15) is 9.18 Å². The highest BCUT2D eigenvalue weighted by Gasteiger charge is 2.15. The summed E-state index contributed by atoms with van der Waals surface area (Å²) in [6, 6.07) is 5.81. The second-order valence-corrected chi connectivity index (χ2v) is 6.15.